The predicted octanol–water partition coefficient (Wildman–Crippen LogP) is 4.08. The van der Waals surface area contributed by atoms with Crippen molar-refractivity contribution < 1.29 is 17.9 Å². The maximum absolute atomic E-state index is 12.0. The Morgan fingerprint density at radius 2 is 1.84 bits per heavy atom. The van der Waals surface area contributed by atoms with Gasteiger partial charge in [-0.15, -0.1) is 0 Å². The number of benzene rings is 1. The van der Waals surface area contributed by atoms with Gasteiger partial charge in [0.2, 0.25) is 0 Å². The topological polar surface area (TPSA) is 21.3 Å². The molecule has 1 unspecified atom stereocenters. The fourth-order valence-electron chi connectivity index (χ4n) is 1.90. The highest BCUT2D eigenvalue weighted by Gasteiger charge is 2.26. The lowest BCUT2D eigenvalue weighted by Crippen LogP contribution is -2.23. The van der Waals surface area contributed by atoms with Crippen LogP contribution >= 0.6 is 0 Å². The van der Waals surface area contributed by atoms with E-state index < -0.39 is 12.6 Å². The van der Waals surface area contributed by atoms with Gasteiger partial charge in [0.15, 0.2) is 0 Å². The van der Waals surface area contributed by atoms with Gasteiger partial charge in [-0.05, 0) is 37.1 Å². The number of rotatable bonds is 7. The summed E-state index contributed by atoms with van der Waals surface area (Å²) in [5, 5.41) is 3.15. The van der Waals surface area contributed by atoms with E-state index >= 15 is 0 Å². The minimum atomic E-state index is -4.07. The van der Waals surface area contributed by atoms with Crippen LogP contribution in [0.4, 0.5) is 13.2 Å². The Kier molecular flexibility index (Phi) is 6.15. The molecule has 0 amide bonds. The Morgan fingerprint density at radius 1 is 1.21 bits per heavy atom. The zero-order valence-electron chi connectivity index (χ0n) is 11.3. The van der Waals surface area contributed by atoms with Crippen molar-refractivity contribution in [2.45, 2.75) is 38.4 Å². The van der Waals surface area contributed by atoms with Crippen molar-refractivity contribution in [3.05, 3.63) is 29.8 Å². The summed E-state index contributed by atoms with van der Waals surface area (Å²) in [6, 6.07) is 7.66. The smallest absolute Gasteiger partial charge is 0.389 e. The van der Waals surface area contributed by atoms with Gasteiger partial charge in [0.1, 0.15) is 5.75 Å². The third kappa shape index (κ3) is 5.96. The Balaban J connectivity index is 2.44. The van der Waals surface area contributed by atoms with Crippen LogP contribution in [0.25, 0.3) is 0 Å². The first kappa shape index (κ1) is 15.8. The number of nitrogens with one attached hydrogen (secondary N) is 1. The second-order valence-corrected chi connectivity index (χ2v) is 4.41. The molecule has 0 saturated heterocycles. The van der Waals surface area contributed by atoms with Gasteiger partial charge in [-0.3, -0.25) is 0 Å². The summed E-state index contributed by atoms with van der Waals surface area (Å²) in [7, 11) is 1.60. The largest absolute Gasteiger partial charge is 0.497 e. The van der Waals surface area contributed by atoms with Crippen LogP contribution in [0.1, 0.15) is 37.8 Å². The maximum atomic E-state index is 12.0. The standard InChI is InChI=1S/C14H20F3NO/c1-3-13(18-10-4-9-14(15,16)17)11-5-7-12(19-2)8-6-11/h5-8,13,18H,3-4,9-10H2,1-2H3. The van der Waals surface area contributed by atoms with Crippen molar-refractivity contribution in [2.24, 2.45) is 0 Å². The number of alkyl halides is 3. The molecule has 0 aliphatic rings. The Labute approximate surface area is 112 Å². The van der Waals surface area contributed by atoms with Gasteiger partial charge in [-0.2, -0.15) is 13.2 Å². The minimum Gasteiger partial charge on any atom is -0.497 e. The van der Waals surface area contributed by atoms with Crippen molar-refractivity contribution in [3.63, 3.8) is 0 Å². The number of hydrogen-bond donors (Lipinski definition) is 1. The second-order valence-electron chi connectivity index (χ2n) is 4.41. The Hall–Kier alpha value is -1.23. The molecule has 5 heteroatoms. The zero-order valence-corrected chi connectivity index (χ0v) is 11.3. The summed E-state index contributed by atoms with van der Waals surface area (Å²) >= 11 is 0. The average Bonchev–Trinajstić information content (AvgIpc) is 2.38. The molecule has 1 atom stereocenters. The molecule has 0 aliphatic heterocycles. The molecule has 1 aromatic carbocycles. The van der Waals surface area contributed by atoms with Gasteiger partial charge in [-0.25, -0.2) is 0 Å². The fourth-order valence-corrected chi connectivity index (χ4v) is 1.90. The molecule has 1 N–H and O–H groups in total. The van der Waals surface area contributed by atoms with E-state index in [9.17, 15) is 13.2 Å². The van der Waals surface area contributed by atoms with Crippen molar-refractivity contribution in [1.29, 1.82) is 0 Å². The van der Waals surface area contributed by atoms with Crippen LogP contribution in [-0.4, -0.2) is 19.8 Å². The van der Waals surface area contributed by atoms with Crippen LogP contribution in [0.5, 0.6) is 5.75 Å². The lowest BCUT2D eigenvalue weighted by molar-refractivity contribution is -0.135. The molecule has 1 aromatic rings. The van der Waals surface area contributed by atoms with E-state index in [1.807, 2.05) is 31.2 Å². The van der Waals surface area contributed by atoms with Gasteiger partial charge < -0.3 is 10.1 Å². The van der Waals surface area contributed by atoms with Gasteiger partial charge >= 0.3 is 6.18 Å². The monoisotopic (exact) mass is 275 g/mol. The molecule has 0 radical (unpaired) electrons. The quantitative estimate of drug-likeness (QED) is 0.757. The van der Waals surface area contributed by atoms with Crippen molar-refractivity contribution >= 4 is 0 Å². The van der Waals surface area contributed by atoms with Crippen LogP contribution in [0, 0.1) is 0 Å². The van der Waals surface area contributed by atoms with E-state index in [0.29, 0.717) is 6.54 Å². The second kappa shape index (κ2) is 7.38. The summed E-state index contributed by atoms with van der Waals surface area (Å²) < 4.78 is 41.2. The number of hydrogen-bond acceptors (Lipinski definition) is 2. The molecule has 19 heavy (non-hydrogen) atoms. The van der Waals surface area contributed by atoms with Crippen molar-refractivity contribution in [2.75, 3.05) is 13.7 Å². The molecule has 108 valence electrons. The molecular formula is C14H20F3NO. The molecule has 0 spiro atoms. The SMILES string of the molecule is CCC(NCCCC(F)(F)F)c1ccc(OC)cc1. The first-order valence-electron chi connectivity index (χ1n) is 6.40. The number of ether oxygens (including phenoxy) is 1. The number of methoxy groups -OCH3 is 1. The Bertz CT molecular complexity index is 362. The van der Waals surface area contributed by atoms with E-state index in [4.69, 9.17) is 4.74 Å². The highest BCUT2D eigenvalue weighted by atomic mass is 19.4. The first-order valence-corrected chi connectivity index (χ1v) is 6.40. The molecule has 0 saturated carbocycles. The third-order valence-electron chi connectivity index (χ3n) is 2.95. The summed E-state index contributed by atoms with van der Waals surface area (Å²) in [5.41, 5.74) is 1.07. The molecule has 2 nitrogen and oxygen atoms in total. The predicted molar refractivity (Wildman–Crippen MR) is 69.3 cm³/mol. The highest BCUT2D eigenvalue weighted by molar-refractivity contribution is 5.29. The normalized spacial score (nSPS) is 13.3. The molecule has 0 aromatic heterocycles. The third-order valence-corrected chi connectivity index (χ3v) is 2.95. The zero-order chi connectivity index (χ0) is 14.3. The molecule has 0 fully saturated rings. The van der Waals surface area contributed by atoms with Crippen LogP contribution < -0.4 is 10.1 Å². The van der Waals surface area contributed by atoms with E-state index in [1.165, 1.54) is 0 Å². The van der Waals surface area contributed by atoms with Crippen LogP contribution in [0.3, 0.4) is 0 Å². The summed E-state index contributed by atoms with van der Waals surface area (Å²) in [5.74, 6) is 0.774. The van der Waals surface area contributed by atoms with E-state index in [1.54, 1.807) is 7.11 Å². The molecular weight excluding hydrogens is 255 g/mol. The molecule has 0 heterocycles. The van der Waals surface area contributed by atoms with Crippen LogP contribution in [0.15, 0.2) is 24.3 Å². The lowest BCUT2D eigenvalue weighted by Gasteiger charge is -2.18. The molecule has 0 aliphatic carbocycles. The van der Waals surface area contributed by atoms with E-state index in [0.717, 1.165) is 17.7 Å². The van der Waals surface area contributed by atoms with Crippen LogP contribution in [0.2, 0.25) is 0 Å². The average molecular weight is 275 g/mol. The molecule has 0 bridgehead atoms. The van der Waals surface area contributed by atoms with Crippen molar-refractivity contribution in [1.82, 2.24) is 5.32 Å². The highest BCUT2D eigenvalue weighted by Crippen LogP contribution is 2.22. The van der Waals surface area contributed by atoms with Gasteiger partial charge in [0.25, 0.3) is 0 Å². The fraction of sp³-hybridized carbons (Fsp3) is 0.571. The number of halogens is 3. The summed E-state index contributed by atoms with van der Waals surface area (Å²) in [4.78, 5) is 0. The summed E-state index contributed by atoms with van der Waals surface area (Å²) in [6.07, 6.45) is -3.86. The van der Waals surface area contributed by atoms with Gasteiger partial charge in [0.05, 0.1) is 7.11 Å². The summed E-state index contributed by atoms with van der Waals surface area (Å²) in [6.45, 7) is 2.37. The maximum Gasteiger partial charge on any atom is 0.389 e. The first-order chi connectivity index (χ1) is 8.96. The van der Waals surface area contributed by atoms with Gasteiger partial charge in [0, 0.05) is 12.5 Å². The molecule has 1 rings (SSSR count). The van der Waals surface area contributed by atoms with Gasteiger partial charge in [-0.1, -0.05) is 19.1 Å². The lowest BCUT2D eigenvalue weighted by atomic mass is 10.0. The van der Waals surface area contributed by atoms with Crippen LogP contribution in [-0.2, 0) is 0 Å². The minimum absolute atomic E-state index is 0.0825. The Morgan fingerprint density at radius 3 is 2.32 bits per heavy atom. The van der Waals surface area contributed by atoms with Crippen molar-refractivity contribution in [3.8, 4) is 5.75 Å². The van der Waals surface area contributed by atoms with E-state index in [-0.39, 0.29) is 12.5 Å². The van der Waals surface area contributed by atoms with E-state index in [2.05, 4.69) is 5.32 Å².